The van der Waals surface area contributed by atoms with E-state index in [1.165, 1.54) is 0 Å². The van der Waals surface area contributed by atoms with Crippen LogP contribution in [0.4, 0.5) is 5.69 Å². The highest BCUT2D eigenvalue weighted by atomic mass is 16.1. The summed E-state index contributed by atoms with van der Waals surface area (Å²) in [7, 11) is 0. The maximum atomic E-state index is 11.4. The van der Waals surface area contributed by atoms with Gasteiger partial charge in [0.2, 0.25) is 0 Å². The van der Waals surface area contributed by atoms with E-state index in [0.717, 1.165) is 11.3 Å². The minimum Gasteiger partial charge on any atom is -0.381 e. The van der Waals surface area contributed by atoms with Gasteiger partial charge >= 0.3 is 0 Å². The molecule has 0 bridgehead atoms. The topological polar surface area (TPSA) is 42.0 Å². The second-order valence-electron chi connectivity index (χ2n) is 3.09. The highest BCUT2D eigenvalue weighted by Crippen LogP contribution is 2.22. The minimum atomic E-state index is 0.185. The zero-order chi connectivity index (χ0) is 8.55. The predicted molar refractivity (Wildman–Crippen MR) is 46.3 cm³/mol. The maximum Gasteiger partial charge on any atom is 0.168 e. The van der Waals surface area contributed by atoms with Crippen LogP contribution in [0, 0.1) is 0 Å². The van der Waals surface area contributed by atoms with E-state index in [4.69, 9.17) is 0 Å². The van der Waals surface area contributed by atoms with Crippen molar-refractivity contribution in [3.05, 3.63) is 24.0 Å². The molecule has 1 N–H and O–H groups in total. The summed E-state index contributed by atoms with van der Waals surface area (Å²) in [5.41, 5.74) is 1.63. The first-order valence-electron chi connectivity index (χ1n) is 4.01. The van der Waals surface area contributed by atoms with Gasteiger partial charge in [0.1, 0.15) is 0 Å². The number of hydrogen-bond acceptors (Lipinski definition) is 3. The monoisotopic (exact) mass is 162 g/mol. The average Bonchev–Trinajstić information content (AvgIpc) is 2.04. The molecule has 62 valence electrons. The lowest BCUT2D eigenvalue weighted by atomic mass is 10.00. The van der Waals surface area contributed by atoms with Crippen molar-refractivity contribution < 1.29 is 4.79 Å². The molecular formula is C9H10N2O. The molecule has 1 aromatic heterocycles. The summed E-state index contributed by atoms with van der Waals surface area (Å²) >= 11 is 0. The van der Waals surface area contributed by atoms with Crippen LogP contribution < -0.4 is 5.32 Å². The smallest absolute Gasteiger partial charge is 0.168 e. The van der Waals surface area contributed by atoms with Crippen LogP contribution in [0.5, 0.6) is 0 Å². The molecule has 0 aliphatic carbocycles. The molecule has 0 aromatic carbocycles. The normalized spacial score (nSPS) is 21.4. The molecule has 0 spiro atoms. The first-order chi connectivity index (χ1) is 5.77. The Hall–Kier alpha value is -1.38. The van der Waals surface area contributed by atoms with Gasteiger partial charge in [-0.25, -0.2) is 0 Å². The van der Waals surface area contributed by atoms with Crippen LogP contribution in [0.1, 0.15) is 23.7 Å². The zero-order valence-corrected chi connectivity index (χ0v) is 6.87. The highest BCUT2D eigenvalue weighted by Gasteiger charge is 2.20. The third-order valence-corrected chi connectivity index (χ3v) is 2.01. The van der Waals surface area contributed by atoms with Crippen LogP contribution >= 0.6 is 0 Å². The Labute approximate surface area is 70.8 Å². The molecule has 1 atom stereocenters. The Morgan fingerprint density at radius 1 is 1.67 bits per heavy atom. The van der Waals surface area contributed by atoms with Crippen LogP contribution in [-0.4, -0.2) is 16.8 Å². The Morgan fingerprint density at radius 3 is 3.33 bits per heavy atom. The van der Waals surface area contributed by atoms with Crippen LogP contribution in [0.2, 0.25) is 0 Å². The van der Waals surface area contributed by atoms with E-state index in [1.807, 2.05) is 13.0 Å². The van der Waals surface area contributed by atoms with Gasteiger partial charge < -0.3 is 5.32 Å². The number of carbonyl (C=O) groups is 1. The molecule has 2 rings (SSSR count). The number of ketones is 1. The van der Waals surface area contributed by atoms with Crippen molar-refractivity contribution in [1.82, 2.24) is 4.98 Å². The molecule has 12 heavy (non-hydrogen) atoms. The number of nitrogens with zero attached hydrogens (tertiary/aromatic N) is 1. The van der Waals surface area contributed by atoms with Crippen molar-refractivity contribution in [1.29, 1.82) is 0 Å². The molecule has 1 aromatic rings. The summed E-state index contributed by atoms with van der Waals surface area (Å²) < 4.78 is 0. The van der Waals surface area contributed by atoms with E-state index in [-0.39, 0.29) is 11.8 Å². The molecule has 1 unspecified atom stereocenters. The molecule has 0 radical (unpaired) electrons. The quantitative estimate of drug-likeness (QED) is 0.628. The molecular weight excluding hydrogens is 152 g/mol. The molecule has 2 heterocycles. The van der Waals surface area contributed by atoms with Crippen LogP contribution in [-0.2, 0) is 0 Å². The van der Waals surface area contributed by atoms with Gasteiger partial charge in [-0.2, -0.15) is 0 Å². The lowest BCUT2D eigenvalue weighted by Gasteiger charge is -2.22. The number of rotatable bonds is 0. The van der Waals surface area contributed by atoms with Crippen molar-refractivity contribution in [2.75, 3.05) is 5.32 Å². The number of aromatic nitrogens is 1. The number of fused-ring (bicyclic) bond motifs is 1. The van der Waals surface area contributed by atoms with E-state index < -0.39 is 0 Å². The van der Waals surface area contributed by atoms with E-state index in [9.17, 15) is 4.79 Å². The standard InChI is InChI=1S/C9H10N2O/c1-6-4-9(12)7-5-10-3-2-8(7)11-6/h2-3,5-6,11H,4H2,1H3. The van der Waals surface area contributed by atoms with E-state index >= 15 is 0 Å². The zero-order valence-electron chi connectivity index (χ0n) is 6.87. The molecule has 1 aliphatic heterocycles. The highest BCUT2D eigenvalue weighted by molar-refractivity contribution is 6.03. The molecule has 0 amide bonds. The SMILES string of the molecule is CC1CC(=O)c2cnccc2N1. The van der Waals surface area contributed by atoms with Gasteiger partial charge in [0, 0.05) is 30.5 Å². The Morgan fingerprint density at radius 2 is 2.50 bits per heavy atom. The largest absolute Gasteiger partial charge is 0.381 e. The first-order valence-corrected chi connectivity index (χ1v) is 4.01. The van der Waals surface area contributed by atoms with Gasteiger partial charge in [-0.3, -0.25) is 9.78 Å². The van der Waals surface area contributed by atoms with Crippen molar-refractivity contribution in [2.45, 2.75) is 19.4 Å². The Balaban J connectivity index is 2.47. The number of hydrogen-bond donors (Lipinski definition) is 1. The van der Waals surface area contributed by atoms with Gasteiger partial charge in [0.05, 0.1) is 5.56 Å². The fourth-order valence-corrected chi connectivity index (χ4v) is 1.45. The van der Waals surface area contributed by atoms with Crippen LogP contribution in [0.25, 0.3) is 0 Å². The van der Waals surface area contributed by atoms with Gasteiger partial charge in [-0.15, -0.1) is 0 Å². The van der Waals surface area contributed by atoms with Crippen molar-refractivity contribution in [3.8, 4) is 0 Å². The summed E-state index contributed by atoms with van der Waals surface area (Å²) in [6, 6.07) is 2.08. The number of nitrogens with one attached hydrogen (secondary N) is 1. The summed E-state index contributed by atoms with van der Waals surface area (Å²) in [4.78, 5) is 15.3. The minimum absolute atomic E-state index is 0.185. The fraction of sp³-hybridized carbons (Fsp3) is 0.333. The number of carbonyl (C=O) groups excluding carboxylic acids is 1. The van der Waals surface area contributed by atoms with Crippen LogP contribution in [0.3, 0.4) is 0 Å². The lowest BCUT2D eigenvalue weighted by molar-refractivity contribution is 0.0974. The summed E-state index contributed by atoms with van der Waals surface area (Å²) in [6.45, 7) is 2.00. The van der Waals surface area contributed by atoms with Gasteiger partial charge in [0.15, 0.2) is 5.78 Å². The maximum absolute atomic E-state index is 11.4. The molecule has 0 saturated carbocycles. The summed E-state index contributed by atoms with van der Waals surface area (Å²) in [5, 5.41) is 3.23. The summed E-state index contributed by atoms with van der Waals surface area (Å²) in [6.07, 6.45) is 3.88. The third-order valence-electron chi connectivity index (χ3n) is 2.01. The van der Waals surface area contributed by atoms with E-state index in [2.05, 4.69) is 10.3 Å². The van der Waals surface area contributed by atoms with Crippen LogP contribution in [0.15, 0.2) is 18.5 Å². The van der Waals surface area contributed by atoms with E-state index in [1.54, 1.807) is 12.4 Å². The number of Topliss-reactive ketones (excluding diaryl/α,β-unsaturated/α-hetero) is 1. The van der Waals surface area contributed by atoms with Gasteiger partial charge in [-0.05, 0) is 13.0 Å². The van der Waals surface area contributed by atoms with Crippen molar-refractivity contribution in [3.63, 3.8) is 0 Å². The molecule has 0 saturated heterocycles. The third kappa shape index (κ3) is 1.07. The second kappa shape index (κ2) is 2.59. The van der Waals surface area contributed by atoms with Gasteiger partial charge in [0.25, 0.3) is 0 Å². The molecule has 0 fully saturated rings. The second-order valence-corrected chi connectivity index (χ2v) is 3.09. The number of anilines is 1. The number of pyridine rings is 1. The molecule has 1 aliphatic rings. The first kappa shape index (κ1) is 7.28. The Bertz CT molecular complexity index is 322. The molecule has 3 heteroatoms. The summed E-state index contributed by atoms with van der Waals surface area (Å²) in [5.74, 6) is 0.185. The van der Waals surface area contributed by atoms with Crippen molar-refractivity contribution >= 4 is 11.5 Å². The van der Waals surface area contributed by atoms with Crippen molar-refractivity contribution in [2.24, 2.45) is 0 Å². The lowest BCUT2D eigenvalue weighted by Crippen LogP contribution is -2.26. The van der Waals surface area contributed by atoms with Gasteiger partial charge in [-0.1, -0.05) is 0 Å². The predicted octanol–water partition coefficient (Wildman–Crippen LogP) is 1.47. The average molecular weight is 162 g/mol. The fourth-order valence-electron chi connectivity index (χ4n) is 1.45. The Kier molecular flexibility index (Phi) is 1.57. The molecule has 3 nitrogen and oxygen atoms in total. The van der Waals surface area contributed by atoms with E-state index in [0.29, 0.717) is 6.42 Å².